The number of carbonyl (C=O) groups excluding carboxylic acids is 4. The molecule has 0 rings (SSSR count). The minimum absolute atomic E-state index is 0. The first-order valence-corrected chi connectivity index (χ1v) is 15.2. The van der Waals surface area contributed by atoms with Crippen LogP contribution in [0, 0.1) is 0 Å². The zero-order valence-electron chi connectivity index (χ0n) is 26.5. The van der Waals surface area contributed by atoms with E-state index in [1.54, 1.807) is 0 Å². The molecule has 0 aliphatic heterocycles. The molecule has 0 bridgehead atoms. The van der Waals surface area contributed by atoms with Gasteiger partial charge in [-0.05, 0) is 6.42 Å². The number of carbonyl (C=O) groups is 4. The minimum Gasteiger partial charge on any atom is -0.747 e. The molecule has 0 spiro atoms. The number of unbranched alkanes of at least 4 members (excludes halogenated alkanes) is 15. The standard InChI is InChI=1S/C26H47NO10S.4Na/c1-2-3-4-5-6-7-8-9-10-11-12-13-14-15-16-17-18-27(21(26(33)34)19-23(28)29)25(32)22(20-24(30)31)38(35,36)37;;;;/h21-22H,2-20H2,1H3,(H,28,29)(H,30,31)(H,33,34)(H,35,36,37);;;;/q;4*+1/p-4. The van der Waals surface area contributed by atoms with Gasteiger partial charge >= 0.3 is 118 Å². The van der Waals surface area contributed by atoms with E-state index in [4.69, 9.17) is 0 Å². The first kappa shape index (κ1) is 53.3. The molecular weight excluding hydrogens is 610 g/mol. The van der Waals surface area contributed by atoms with Gasteiger partial charge in [0, 0.05) is 31.3 Å². The Morgan fingerprint density at radius 2 is 0.929 bits per heavy atom. The van der Waals surface area contributed by atoms with Crippen LogP contribution in [-0.4, -0.2) is 59.5 Å². The summed E-state index contributed by atoms with van der Waals surface area (Å²) in [7, 11) is -5.49. The van der Waals surface area contributed by atoms with Crippen LogP contribution in [0.2, 0.25) is 0 Å². The van der Waals surface area contributed by atoms with Crippen molar-refractivity contribution in [1.29, 1.82) is 0 Å². The van der Waals surface area contributed by atoms with Crippen LogP contribution in [0.25, 0.3) is 0 Å². The Bertz CT molecular complexity index is 834. The van der Waals surface area contributed by atoms with Gasteiger partial charge in [-0.3, -0.25) is 4.79 Å². The van der Waals surface area contributed by atoms with Crippen molar-refractivity contribution >= 4 is 33.9 Å². The molecule has 0 N–H and O–H groups in total. The largest absolute Gasteiger partial charge is 1.00 e. The van der Waals surface area contributed by atoms with E-state index in [0.29, 0.717) is 11.3 Å². The van der Waals surface area contributed by atoms with Gasteiger partial charge in [-0.1, -0.05) is 103 Å². The molecule has 16 heteroatoms. The van der Waals surface area contributed by atoms with E-state index in [0.717, 1.165) is 32.1 Å². The second kappa shape index (κ2) is 32.7. The summed E-state index contributed by atoms with van der Waals surface area (Å²) >= 11 is 0. The molecule has 42 heavy (non-hydrogen) atoms. The Labute approximate surface area is 340 Å². The SMILES string of the molecule is CCCCCCCCCCCCCCCCCCN(C(=O)C(CC(=O)[O-])S(=O)(=O)[O-])C(CC(=O)[O-])C(=O)[O-].[Na+].[Na+].[Na+].[Na+]. The first-order valence-electron chi connectivity index (χ1n) is 13.8. The van der Waals surface area contributed by atoms with E-state index in [2.05, 4.69) is 6.92 Å². The molecule has 0 saturated heterocycles. The Balaban J connectivity index is -0.00000114. The molecule has 222 valence electrons. The van der Waals surface area contributed by atoms with E-state index in [9.17, 15) is 47.5 Å². The molecule has 0 aromatic rings. The summed E-state index contributed by atoms with van der Waals surface area (Å²) in [6.45, 7) is 1.82. The van der Waals surface area contributed by atoms with Crippen LogP contribution in [0.3, 0.4) is 0 Å². The predicted octanol–water partition coefficient (Wildman–Crippen LogP) is -11.6. The van der Waals surface area contributed by atoms with Gasteiger partial charge in [0.05, 0.1) is 12.0 Å². The van der Waals surface area contributed by atoms with Gasteiger partial charge in [-0.25, -0.2) is 8.42 Å². The summed E-state index contributed by atoms with van der Waals surface area (Å²) in [5.74, 6) is -7.45. The summed E-state index contributed by atoms with van der Waals surface area (Å²) in [5.41, 5.74) is 0. The molecule has 0 aliphatic rings. The van der Waals surface area contributed by atoms with Gasteiger partial charge in [0.2, 0.25) is 5.91 Å². The maximum atomic E-state index is 12.7. The normalized spacial score (nSPS) is 11.9. The summed E-state index contributed by atoms with van der Waals surface area (Å²) in [4.78, 5) is 46.4. The fourth-order valence-corrected chi connectivity index (χ4v) is 5.10. The number of hydrogen-bond donors (Lipinski definition) is 0. The second-order valence-corrected chi connectivity index (χ2v) is 11.4. The third-order valence-corrected chi connectivity index (χ3v) is 7.59. The molecular formula is C26H43NNa4O10S. The fraction of sp³-hybridized carbons (Fsp3) is 0.846. The van der Waals surface area contributed by atoms with Crippen LogP contribution in [0.15, 0.2) is 0 Å². The van der Waals surface area contributed by atoms with Gasteiger partial charge in [-0.2, -0.15) is 0 Å². The molecule has 0 saturated carbocycles. The molecule has 0 aromatic heterocycles. The average molecular weight is 654 g/mol. The van der Waals surface area contributed by atoms with Crippen LogP contribution < -0.4 is 134 Å². The van der Waals surface area contributed by atoms with E-state index in [-0.39, 0.29) is 131 Å². The molecule has 0 aliphatic carbocycles. The van der Waals surface area contributed by atoms with Crippen LogP contribution >= 0.6 is 0 Å². The average Bonchev–Trinajstić information content (AvgIpc) is 2.82. The Morgan fingerprint density at radius 1 is 0.595 bits per heavy atom. The maximum absolute atomic E-state index is 12.7. The number of hydrogen-bond acceptors (Lipinski definition) is 10. The van der Waals surface area contributed by atoms with Crippen molar-refractivity contribution in [3.63, 3.8) is 0 Å². The maximum Gasteiger partial charge on any atom is 1.00 e. The van der Waals surface area contributed by atoms with Gasteiger partial charge in [0.1, 0.15) is 15.4 Å². The number of amides is 1. The van der Waals surface area contributed by atoms with Crippen molar-refractivity contribution in [3.8, 4) is 0 Å². The summed E-state index contributed by atoms with van der Waals surface area (Å²) in [6.07, 6.45) is 14.5. The molecule has 11 nitrogen and oxygen atoms in total. The van der Waals surface area contributed by atoms with E-state index in [1.165, 1.54) is 57.8 Å². The minimum atomic E-state index is -5.49. The smallest absolute Gasteiger partial charge is 0.747 e. The third kappa shape index (κ3) is 28.0. The molecule has 2 atom stereocenters. The number of carboxylic acid groups (broad SMARTS) is 3. The number of carboxylic acids is 3. The van der Waals surface area contributed by atoms with Crippen molar-refractivity contribution < 1.29 is 166 Å². The van der Waals surface area contributed by atoms with E-state index < -0.39 is 58.1 Å². The van der Waals surface area contributed by atoms with Crippen LogP contribution in [0.5, 0.6) is 0 Å². The van der Waals surface area contributed by atoms with E-state index in [1.807, 2.05) is 0 Å². The van der Waals surface area contributed by atoms with Crippen molar-refractivity contribution in [3.05, 3.63) is 0 Å². The number of nitrogens with zero attached hydrogens (tertiary/aromatic N) is 1. The topological polar surface area (TPSA) is 198 Å². The molecule has 0 fully saturated rings. The zero-order valence-corrected chi connectivity index (χ0v) is 35.3. The van der Waals surface area contributed by atoms with Gasteiger partial charge in [-0.15, -0.1) is 0 Å². The second-order valence-electron chi connectivity index (χ2n) is 9.80. The summed E-state index contributed by atoms with van der Waals surface area (Å²) < 4.78 is 34.4. The van der Waals surface area contributed by atoms with Crippen molar-refractivity contribution in [1.82, 2.24) is 4.90 Å². The van der Waals surface area contributed by atoms with Crippen LogP contribution in [-0.2, 0) is 29.3 Å². The molecule has 0 heterocycles. The Kier molecular flexibility index (Phi) is 41.5. The van der Waals surface area contributed by atoms with Gasteiger partial charge < -0.3 is 39.2 Å². The van der Waals surface area contributed by atoms with Crippen molar-refractivity contribution in [2.45, 2.75) is 134 Å². The molecule has 0 aromatic carbocycles. The molecule has 2 unspecified atom stereocenters. The fourth-order valence-electron chi connectivity index (χ4n) is 4.38. The predicted molar refractivity (Wildman–Crippen MR) is 133 cm³/mol. The molecule has 1 amide bonds. The van der Waals surface area contributed by atoms with Gasteiger partial charge in [0.15, 0.2) is 0 Å². The van der Waals surface area contributed by atoms with Crippen molar-refractivity contribution in [2.75, 3.05) is 6.54 Å². The monoisotopic (exact) mass is 653 g/mol. The summed E-state index contributed by atoms with van der Waals surface area (Å²) in [6, 6.07) is -2.12. The van der Waals surface area contributed by atoms with Crippen LogP contribution in [0.4, 0.5) is 0 Å². The van der Waals surface area contributed by atoms with E-state index >= 15 is 0 Å². The number of aliphatic carboxylic acids is 3. The van der Waals surface area contributed by atoms with Crippen molar-refractivity contribution in [2.24, 2.45) is 0 Å². The quantitative estimate of drug-likeness (QED) is 0.0518. The van der Waals surface area contributed by atoms with Crippen LogP contribution in [0.1, 0.15) is 122 Å². The Morgan fingerprint density at radius 3 is 1.21 bits per heavy atom. The third-order valence-electron chi connectivity index (χ3n) is 6.52. The zero-order chi connectivity index (χ0) is 29.0. The Hall–Kier alpha value is 1.79. The van der Waals surface area contributed by atoms with Gasteiger partial charge in [0.25, 0.3) is 0 Å². The molecule has 0 radical (unpaired) electrons. The summed E-state index contributed by atoms with van der Waals surface area (Å²) in [5, 5.41) is 30.7. The number of rotatable bonds is 25. The first-order chi connectivity index (χ1) is 17.9.